The highest BCUT2D eigenvalue weighted by molar-refractivity contribution is 6.06. The molecule has 0 bridgehead atoms. The minimum Gasteiger partial charge on any atom is -0.383 e. The zero-order chi connectivity index (χ0) is 22.9. The second kappa shape index (κ2) is 6.52. The van der Waals surface area contributed by atoms with Crippen molar-refractivity contribution < 1.29 is 18.0 Å². The monoisotopic (exact) mass is 442 g/mol. The number of nitrogens with zero attached hydrogens (tertiary/aromatic N) is 6. The number of anilines is 2. The number of nitrogens with two attached hydrogens (primary N) is 1. The van der Waals surface area contributed by atoms with Gasteiger partial charge in [0.15, 0.2) is 11.6 Å². The first-order valence-electron chi connectivity index (χ1n) is 9.61. The molecule has 0 unspecified atom stereocenters. The molecule has 0 radical (unpaired) electrons. The molecule has 0 fully saturated rings. The van der Waals surface area contributed by atoms with E-state index in [-0.39, 0.29) is 35.6 Å². The maximum absolute atomic E-state index is 14.2. The number of carbonyl (C=O) groups excluding carboxylic acids is 1. The standard InChI is InChI=1S/C20H17F3N8O/c1-20(2)13-16(24)25-19(27-17(13)26-18(20)32)31-12-7-30(3)29-15(12)11(28-31)6-8-9(21)4-5-10(22)14(8)23/h4-5,7H,6H2,1-3H3,(H3,24,25,26,27,32). The lowest BCUT2D eigenvalue weighted by Gasteiger charge is -2.16. The summed E-state index contributed by atoms with van der Waals surface area (Å²) >= 11 is 0. The third-order valence-corrected chi connectivity index (χ3v) is 5.55. The maximum atomic E-state index is 14.2. The van der Waals surface area contributed by atoms with Crippen LogP contribution in [-0.4, -0.2) is 35.4 Å². The molecular formula is C20H17F3N8O. The first-order valence-corrected chi connectivity index (χ1v) is 9.61. The summed E-state index contributed by atoms with van der Waals surface area (Å²) in [6.45, 7) is 3.42. The highest BCUT2D eigenvalue weighted by atomic mass is 19.2. The second-order valence-electron chi connectivity index (χ2n) is 8.11. The van der Waals surface area contributed by atoms with Crippen LogP contribution in [0.2, 0.25) is 0 Å². The fraction of sp³-hybridized carbons (Fsp3) is 0.250. The fourth-order valence-electron chi connectivity index (χ4n) is 3.87. The van der Waals surface area contributed by atoms with Crippen LogP contribution >= 0.6 is 0 Å². The van der Waals surface area contributed by atoms with Crippen LogP contribution in [0.3, 0.4) is 0 Å². The molecule has 4 aromatic rings. The summed E-state index contributed by atoms with van der Waals surface area (Å²) in [6.07, 6.45) is 1.28. The van der Waals surface area contributed by atoms with Crippen molar-refractivity contribution in [3.8, 4) is 5.95 Å². The number of rotatable bonds is 3. The lowest BCUT2D eigenvalue weighted by atomic mass is 9.87. The van der Waals surface area contributed by atoms with Gasteiger partial charge in [0.1, 0.15) is 28.5 Å². The van der Waals surface area contributed by atoms with Crippen LogP contribution in [-0.2, 0) is 23.7 Å². The predicted molar refractivity (Wildman–Crippen MR) is 109 cm³/mol. The first kappa shape index (κ1) is 20.0. The van der Waals surface area contributed by atoms with Crippen LogP contribution < -0.4 is 11.1 Å². The summed E-state index contributed by atoms with van der Waals surface area (Å²) in [5.74, 6) is -3.20. The molecule has 0 aliphatic carbocycles. The van der Waals surface area contributed by atoms with Crippen LogP contribution in [0, 0.1) is 17.5 Å². The van der Waals surface area contributed by atoms with Crippen LogP contribution in [0.5, 0.6) is 0 Å². The minimum atomic E-state index is -1.29. The number of benzene rings is 1. The average molecular weight is 442 g/mol. The Morgan fingerprint density at radius 2 is 1.84 bits per heavy atom. The molecule has 3 aromatic heterocycles. The van der Waals surface area contributed by atoms with E-state index >= 15 is 0 Å². The Morgan fingerprint density at radius 3 is 2.59 bits per heavy atom. The van der Waals surface area contributed by atoms with Gasteiger partial charge in [-0.2, -0.15) is 24.8 Å². The van der Waals surface area contributed by atoms with Gasteiger partial charge in [-0.3, -0.25) is 9.48 Å². The number of carbonyl (C=O) groups is 1. The van der Waals surface area contributed by atoms with Crippen molar-refractivity contribution in [3.05, 3.63) is 52.6 Å². The molecule has 0 atom stereocenters. The molecule has 5 rings (SSSR count). The number of amides is 1. The van der Waals surface area contributed by atoms with Crippen LogP contribution in [0.4, 0.5) is 24.8 Å². The van der Waals surface area contributed by atoms with E-state index in [1.54, 1.807) is 27.1 Å². The molecule has 164 valence electrons. The van der Waals surface area contributed by atoms with E-state index in [2.05, 4.69) is 25.5 Å². The number of hydrogen-bond donors (Lipinski definition) is 2. The third kappa shape index (κ3) is 2.75. The van der Waals surface area contributed by atoms with Gasteiger partial charge in [-0.1, -0.05) is 0 Å². The molecule has 0 saturated heterocycles. The molecular weight excluding hydrogens is 425 g/mol. The normalized spacial score (nSPS) is 14.8. The smallest absolute Gasteiger partial charge is 0.255 e. The van der Waals surface area contributed by atoms with Crippen molar-refractivity contribution in [3.63, 3.8) is 0 Å². The summed E-state index contributed by atoms with van der Waals surface area (Å²) < 4.78 is 44.9. The van der Waals surface area contributed by atoms with Gasteiger partial charge in [0.2, 0.25) is 5.91 Å². The van der Waals surface area contributed by atoms with Crippen molar-refractivity contribution in [2.24, 2.45) is 7.05 Å². The van der Waals surface area contributed by atoms with E-state index in [9.17, 15) is 18.0 Å². The average Bonchev–Trinajstić information content (AvgIpc) is 3.32. The lowest BCUT2D eigenvalue weighted by molar-refractivity contribution is -0.119. The molecule has 1 amide bonds. The molecule has 1 aromatic carbocycles. The fourth-order valence-corrected chi connectivity index (χ4v) is 3.87. The Balaban J connectivity index is 1.67. The number of hydrogen-bond acceptors (Lipinski definition) is 6. The van der Waals surface area contributed by atoms with Crippen LogP contribution in [0.15, 0.2) is 18.3 Å². The molecule has 32 heavy (non-hydrogen) atoms. The van der Waals surface area contributed by atoms with E-state index in [0.717, 1.165) is 12.1 Å². The summed E-state index contributed by atoms with van der Waals surface area (Å²) in [6, 6.07) is 1.58. The summed E-state index contributed by atoms with van der Waals surface area (Å²) in [7, 11) is 1.66. The maximum Gasteiger partial charge on any atom is 0.255 e. The molecule has 1 aliphatic rings. The Bertz CT molecular complexity index is 1440. The van der Waals surface area contributed by atoms with E-state index in [4.69, 9.17) is 5.73 Å². The summed E-state index contributed by atoms with van der Waals surface area (Å²) in [5, 5.41) is 11.4. The van der Waals surface area contributed by atoms with Gasteiger partial charge in [-0.25, -0.2) is 13.2 Å². The zero-order valence-corrected chi connectivity index (χ0v) is 17.2. The molecule has 3 N–H and O–H groups in total. The SMILES string of the molecule is Cn1cc2c(n1)c(Cc1c(F)ccc(F)c1F)nn2-c1nc(N)c2c(n1)NC(=O)C2(C)C. The zero-order valence-electron chi connectivity index (χ0n) is 17.2. The Kier molecular flexibility index (Phi) is 4.07. The van der Waals surface area contributed by atoms with Gasteiger partial charge >= 0.3 is 0 Å². The van der Waals surface area contributed by atoms with Crippen molar-refractivity contribution >= 4 is 28.6 Å². The molecule has 1 aliphatic heterocycles. The lowest BCUT2D eigenvalue weighted by Crippen LogP contribution is -2.27. The van der Waals surface area contributed by atoms with E-state index in [0.29, 0.717) is 16.6 Å². The number of fused-ring (bicyclic) bond motifs is 2. The van der Waals surface area contributed by atoms with E-state index < -0.39 is 28.4 Å². The van der Waals surface area contributed by atoms with Gasteiger partial charge in [-0.05, 0) is 26.0 Å². The quantitative estimate of drug-likeness (QED) is 0.471. The summed E-state index contributed by atoms with van der Waals surface area (Å²) in [4.78, 5) is 21.0. The van der Waals surface area contributed by atoms with Crippen LogP contribution in [0.1, 0.15) is 30.7 Å². The first-order chi connectivity index (χ1) is 15.1. The topological polar surface area (TPSA) is 117 Å². The largest absolute Gasteiger partial charge is 0.383 e. The Morgan fingerprint density at radius 1 is 1.12 bits per heavy atom. The highest BCUT2D eigenvalue weighted by Gasteiger charge is 2.42. The summed E-state index contributed by atoms with van der Waals surface area (Å²) in [5.41, 5.74) is 6.22. The van der Waals surface area contributed by atoms with Crippen molar-refractivity contribution in [1.29, 1.82) is 0 Å². The van der Waals surface area contributed by atoms with E-state index in [1.165, 1.54) is 9.36 Å². The van der Waals surface area contributed by atoms with Gasteiger partial charge < -0.3 is 11.1 Å². The number of nitrogens with one attached hydrogen (secondary N) is 1. The molecule has 9 nitrogen and oxygen atoms in total. The molecule has 0 spiro atoms. The van der Waals surface area contributed by atoms with Gasteiger partial charge in [0.05, 0.1) is 22.9 Å². The second-order valence-corrected chi connectivity index (χ2v) is 8.11. The van der Waals surface area contributed by atoms with Crippen molar-refractivity contribution in [2.75, 3.05) is 11.1 Å². The van der Waals surface area contributed by atoms with Gasteiger partial charge in [0.25, 0.3) is 5.95 Å². The van der Waals surface area contributed by atoms with Crippen LogP contribution in [0.25, 0.3) is 17.0 Å². The molecule has 4 heterocycles. The van der Waals surface area contributed by atoms with Gasteiger partial charge in [-0.15, -0.1) is 0 Å². The number of aryl methyl sites for hydroxylation is 1. The Hall–Kier alpha value is -3.96. The number of nitrogen functional groups attached to an aromatic ring is 1. The molecule has 0 saturated carbocycles. The highest BCUT2D eigenvalue weighted by Crippen LogP contribution is 2.39. The number of aromatic nitrogens is 6. The third-order valence-electron chi connectivity index (χ3n) is 5.55. The number of halogens is 3. The molecule has 12 heteroatoms. The van der Waals surface area contributed by atoms with Crippen molar-refractivity contribution in [1.82, 2.24) is 29.5 Å². The minimum absolute atomic E-state index is 0.0451. The van der Waals surface area contributed by atoms with Crippen molar-refractivity contribution in [2.45, 2.75) is 25.7 Å². The Labute approximate surface area is 179 Å². The van der Waals surface area contributed by atoms with Gasteiger partial charge in [0, 0.05) is 19.0 Å². The predicted octanol–water partition coefficient (Wildman–Crippen LogP) is 2.37. The van der Waals surface area contributed by atoms with E-state index in [1.807, 2.05) is 0 Å².